The molecule has 35 heavy (non-hydrogen) atoms. The minimum absolute atomic E-state index is 0.00292. The molecule has 2 aliphatic rings. The fourth-order valence-corrected chi connectivity index (χ4v) is 6.21. The van der Waals surface area contributed by atoms with E-state index in [0.29, 0.717) is 12.3 Å². The number of nitrogens with zero attached hydrogens (tertiary/aromatic N) is 2. The first-order valence-electron chi connectivity index (χ1n) is 12.1. The van der Waals surface area contributed by atoms with E-state index in [1.807, 2.05) is 13.0 Å². The summed E-state index contributed by atoms with van der Waals surface area (Å²) in [5.74, 6) is 0.0753. The first-order valence-corrected chi connectivity index (χ1v) is 13.6. The van der Waals surface area contributed by atoms with Crippen LogP contribution in [0.2, 0.25) is 0 Å². The van der Waals surface area contributed by atoms with Crippen LogP contribution in [0.15, 0.2) is 24.3 Å². The molecule has 0 bridgehead atoms. The lowest BCUT2D eigenvalue weighted by atomic mass is 9.82. The van der Waals surface area contributed by atoms with E-state index < -0.39 is 28.4 Å². The Morgan fingerprint density at radius 3 is 2.57 bits per heavy atom. The molecule has 1 aromatic carbocycles. The van der Waals surface area contributed by atoms with Gasteiger partial charge in [-0.1, -0.05) is 12.1 Å². The number of amides is 1. The number of likely N-dealkylation sites (N-methyl/N-ethyl adjacent to an activating group) is 1. The predicted octanol–water partition coefficient (Wildman–Crippen LogP) is 2.88. The zero-order valence-corrected chi connectivity index (χ0v) is 21.8. The molecule has 1 saturated carbocycles. The second-order valence-electron chi connectivity index (χ2n) is 9.44. The number of nitrogens with one attached hydrogen (secondary N) is 1. The van der Waals surface area contributed by atoms with Gasteiger partial charge in [-0.2, -0.15) is 17.4 Å². The summed E-state index contributed by atoms with van der Waals surface area (Å²) in [6.07, 6.45) is 3.35. The van der Waals surface area contributed by atoms with Crippen molar-refractivity contribution >= 4 is 16.3 Å². The van der Waals surface area contributed by atoms with Crippen molar-refractivity contribution in [2.75, 3.05) is 41.0 Å². The molecule has 1 amide bonds. The molecule has 3 rings (SSSR count). The number of halogens is 1. The number of carbonyl (C=O) groups is 1. The molecule has 3 atom stereocenters. The first-order chi connectivity index (χ1) is 16.7. The average molecular weight is 516 g/mol. The van der Waals surface area contributed by atoms with Crippen molar-refractivity contribution in [3.05, 3.63) is 35.6 Å². The van der Waals surface area contributed by atoms with Gasteiger partial charge in [-0.15, -0.1) is 0 Å². The second kappa shape index (κ2) is 12.4. The molecule has 1 N–H and O–H groups in total. The van der Waals surface area contributed by atoms with Crippen LogP contribution in [0.25, 0.3) is 0 Å². The third-order valence-electron chi connectivity index (χ3n) is 7.10. The van der Waals surface area contributed by atoms with E-state index in [-0.39, 0.29) is 37.7 Å². The number of benzene rings is 1. The molecular formula is C24H38FN3O6S. The minimum atomic E-state index is -3.77. The zero-order valence-electron chi connectivity index (χ0n) is 21.0. The third kappa shape index (κ3) is 7.13. The number of hydrogen-bond acceptors (Lipinski definition) is 6. The fourth-order valence-electron chi connectivity index (χ4n) is 5.08. The number of hydrogen-bond donors (Lipinski definition) is 1. The Morgan fingerprint density at radius 2 is 1.94 bits per heavy atom. The number of likely N-dealkylation sites (tertiary alicyclic amines) is 1. The van der Waals surface area contributed by atoms with Gasteiger partial charge in [0.25, 0.3) is 10.2 Å². The van der Waals surface area contributed by atoms with Crippen molar-refractivity contribution in [2.24, 2.45) is 0 Å². The molecule has 9 nitrogen and oxygen atoms in total. The summed E-state index contributed by atoms with van der Waals surface area (Å²) in [6.45, 7) is 2.56. The van der Waals surface area contributed by atoms with Gasteiger partial charge in [0.2, 0.25) is 0 Å². The Balaban J connectivity index is 1.63. The van der Waals surface area contributed by atoms with Crippen molar-refractivity contribution in [3.63, 3.8) is 0 Å². The quantitative estimate of drug-likeness (QED) is 0.515. The van der Waals surface area contributed by atoms with Crippen LogP contribution in [0.1, 0.15) is 50.5 Å². The highest BCUT2D eigenvalue weighted by Crippen LogP contribution is 2.35. The number of methoxy groups -OCH3 is 2. The lowest BCUT2D eigenvalue weighted by molar-refractivity contribution is -0.00867. The van der Waals surface area contributed by atoms with Crippen LogP contribution in [-0.2, 0) is 24.4 Å². The van der Waals surface area contributed by atoms with Crippen molar-refractivity contribution in [2.45, 2.75) is 69.2 Å². The van der Waals surface area contributed by atoms with Gasteiger partial charge in [0, 0.05) is 32.8 Å². The summed E-state index contributed by atoms with van der Waals surface area (Å²) >= 11 is 0. The topological polar surface area (TPSA) is 97.4 Å². The van der Waals surface area contributed by atoms with Gasteiger partial charge < -0.3 is 14.2 Å². The first kappa shape index (κ1) is 27.8. The lowest BCUT2D eigenvalue weighted by Crippen LogP contribution is -2.53. The lowest BCUT2D eigenvalue weighted by Gasteiger charge is -2.33. The van der Waals surface area contributed by atoms with Crippen molar-refractivity contribution in [3.8, 4) is 0 Å². The van der Waals surface area contributed by atoms with Crippen molar-refractivity contribution < 1.29 is 31.8 Å². The van der Waals surface area contributed by atoms with Crippen LogP contribution in [-0.4, -0.2) is 89.0 Å². The SMILES string of the molecule is COCCN(C)S(=O)(=O)N[C@H]1C[C@@H](C)N(C(=O)OC)[C@H]1COC1CCC(c2cccc(F)c2)CC1. The van der Waals surface area contributed by atoms with Crippen LogP contribution >= 0.6 is 0 Å². The Kier molecular flexibility index (Phi) is 9.88. The van der Waals surface area contributed by atoms with Gasteiger partial charge in [0.15, 0.2) is 0 Å². The average Bonchev–Trinajstić information content (AvgIpc) is 3.14. The van der Waals surface area contributed by atoms with E-state index in [1.165, 1.54) is 31.6 Å². The molecule has 1 aromatic rings. The Morgan fingerprint density at radius 1 is 1.23 bits per heavy atom. The van der Waals surface area contributed by atoms with E-state index in [4.69, 9.17) is 14.2 Å². The molecule has 1 saturated heterocycles. The van der Waals surface area contributed by atoms with Gasteiger partial charge in [0.05, 0.1) is 32.5 Å². The van der Waals surface area contributed by atoms with E-state index in [2.05, 4.69) is 4.72 Å². The van der Waals surface area contributed by atoms with Crippen LogP contribution in [0.5, 0.6) is 0 Å². The summed E-state index contributed by atoms with van der Waals surface area (Å²) in [4.78, 5) is 14.1. The third-order valence-corrected chi connectivity index (χ3v) is 8.70. The van der Waals surface area contributed by atoms with Crippen molar-refractivity contribution in [1.82, 2.24) is 13.9 Å². The van der Waals surface area contributed by atoms with Gasteiger partial charge >= 0.3 is 6.09 Å². The Bertz CT molecular complexity index is 941. The van der Waals surface area contributed by atoms with Crippen LogP contribution in [0, 0.1) is 5.82 Å². The summed E-state index contributed by atoms with van der Waals surface area (Å²) < 4.78 is 59.4. The smallest absolute Gasteiger partial charge is 0.410 e. The van der Waals surface area contributed by atoms with Crippen LogP contribution in [0.3, 0.4) is 0 Å². The monoisotopic (exact) mass is 515 g/mol. The fraction of sp³-hybridized carbons (Fsp3) is 0.708. The standard InChI is InChI=1S/C24H38FN3O6S/c1-17-14-22(26-35(30,31)27(2)12-13-32-3)23(28(17)24(29)33-4)16-34-21-10-8-18(9-11-21)19-6-5-7-20(25)15-19/h5-7,15,17-18,21-23,26H,8-14,16H2,1-4H3/t17-,18?,21?,22+,23+/m1/s1. The summed E-state index contributed by atoms with van der Waals surface area (Å²) in [6, 6.07) is 5.53. The normalized spacial score (nSPS) is 27.4. The van der Waals surface area contributed by atoms with E-state index in [0.717, 1.165) is 31.2 Å². The highest BCUT2D eigenvalue weighted by molar-refractivity contribution is 7.87. The van der Waals surface area contributed by atoms with Gasteiger partial charge in [-0.3, -0.25) is 4.90 Å². The largest absolute Gasteiger partial charge is 0.453 e. The van der Waals surface area contributed by atoms with Gasteiger partial charge in [0.1, 0.15) is 5.82 Å². The van der Waals surface area contributed by atoms with Gasteiger partial charge in [-0.25, -0.2) is 9.18 Å². The van der Waals surface area contributed by atoms with Crippen molar-refractivity contribution in [1.29, 1.82) is 0 Å². The molecule has 0 aromatic heterocycles. The predicted molar refractivity (Wildman–Crippen MR) is 130 cm³/mol. The minimum Gasteiger partial charge on any atom is -0.453 e. The summed E-state index contributed by atoms with van der Waals surface area (Å²) in [7, 11) is 0.542. The number of rotatable bonds is 10. The molecule has 0 radical (unpaired) electrons. The molecule has 1 aliphatic carbocycles. The Hall–Kier alpha value is -1.79. The van der Waals surface area contributed by atoms with E-state index in [9.17, 15) is 17.6 Å². The maximum atomic E-state index is 13.6. The zero-order chi connectivity index (χ0) is 25.6. The molecule has 1 heterocycles. The van der Waals surface area contributed by atoms with Crippen LogP contribution < -0.4 is 4.72 Å². The Labute approximate surface area is 208 Å². The molecule has 0 unspecified atom stereocenters. The summed E-state index contributed by atoms with van der Waals surface area (Å²) in [5.41, 5.74) is 1.01. The van der Waals surface area contributed by atoms with E-state index >= 15 is 0 Å². The molecule has 0 spiro atoms. The number of ether oxygens (including phenoxy) is 3. The molecular weight excluding hydrogens is 477 g/mol. The molecule has 11 heteroatoms. The van der Waals surface area contributed by atoms with Gasteiger partial charge in [-0.05, 0) is 62.6 Å². The summed E-state index contributed by atoms with van der Waals surface area (Å²) in [5, 5.41) is 0. The van der Waals surface area contributed by atoms with E-state index in [1.54, 1.807) is 17.0 Å². The maximum absolute atomic E-state index is 13.6. The molecule has 2 fully saturated rings. The highest BCUT2D eigenvalue weighted by Gasteiger charge is 2.45. The maximum Gasteiger partial charge on any atom is 0.410 e. The molecule has 1 aliphatic heterocycles. The molecule has 198 valence electrons. The number of carbonyl (C=O) groups excluding carboxylic acids is 1. The highest BCUT2D eigenvalue weighted by atomic mass is 32.2. The van der Waals surface area contributed by atoms with Crippen LogP contribution in [0.4, 0.5) is 9.18 Å². The second-order valence-corrected chi connectivity index (χ2v) is 11.2.